The molecule has 3 N–H and O–H groups in total. The highest BCUT2D eigenvalue weighted by atomic mass is 16.3. The quantitative estimate of drug-likeness (QED) is 0.739. The van der Waals surface area contributed by atoms with E-state index >= 15 is 0 Å². The summed E-state index contributed by atoms with van der Waals surface area (Å²) in [7, 11) is 0. The van der Waals surface area contributed by atoms with Crippen molar-refractivity contribution in [3.05, 3.63) is 29.3 Å². The molecule has 0 aliphatic carbocycles. The molecule has 0 unspecified atom stereocenters. The van der Waals surface area contributed by atoms with Crippen LogP contribution in [0.2, 0.25) is 0 Å². The Kier molecular flexibility index (Phi) is 6.03. The molecule has 1 aromatic carbocycles. The SMILES string of the molecule is Cc1ccc(C(=O)NCCC(=O)NCC(C)C)cc1O. The summed E-state index contributed by atoms with van der Waals surface area (Å²) in [4.78, 5) is 23.3. The molecule has 0 aliphatic heterocycles. The maximum absolute atomic E-state index is 11.8. The minimum Gasteiger partial charge on any atom is -0.508 e. The zero-order valence-electron chi connectivity index (χ0n) is 12.2. The minimum absolute atomic E-state index is 0.0780. The lowest BCUT2D eigenvalue weighted by Crippen LogP contribution is -2.32. The summed E-state index contributed by atoms with van der Waals surface area (Å²) in [5, 5.41) is 15.0. The van der Waals surface area contributed by atoms with Gasteiger partial charge < -0.3 is 15.7 Å². The second-order valence-corrected chi connectivity index (χ2v) is 5.21. The first-order valence-electron chi connectivity index (χ1n) is 6.74. The number of aryl methyl sites for hydroxylation is 1. The van der Waals surface area contributed by atoms with Crippen LogP contribution in [-0.2, 0) is 4.79 Å². The van der Waals surface area contributed by atoms with Crippen molar-refractivity contribution in [1.29, 1.82) is 0 Å². The Balaban J connectivity index is 2.36. The van der Waals surface area contributed by atoms with E-state index in [0.717, 1.165) is 5.56 Å². The second-order valence-electron chi connectivity index (χ2n) is 5.21. The molecule has 5 nitrogen and oxygen atoms in total. The largest absolute Gasteiger partial charge is 0.508 e. The smallest absolute Gasteiger partial charge is 0.251 e. The molecule has 2 amide bonds. The van der Waals surface area contributed by atoms with Gasteiger partial charge in [-0.3, -0.25) is 9.59 Å². The Morgan fingerprint density at radius 3 is 2.55 bits per heavy atom. The zero-order valence-corrected chi connectivity index (χ0v) is 12.2. The van der Waals surface area contributed by atoms with Crippen LogP contribution in [0.25, 0.3) is 0 Å². The molecule has 0 saturated carbocycles. The number of amides is 2. The van der Waals surface area contributed by atoms with E-state index in [9.17, 15) is 14.7 Å². The van der Waals surface area contributed by atoms with Gasteiger partial charge in [-0.15, -0.1) is 0 Å². The Morgan fingerprint density at radius 1 is 1.25 bits per heavy atom. The van der Waals surface area contributed by atoms with Crippen molar-refractivity contribution in [2.75, 3.05) is 13.1 Å². The molecule has 0 atom stereocenters. The highest BCUT2D eigenvalue weighted by Crippen LogP contribution is 2.17. The molecule has 0 fully saturated rings. The van der Waals surface area contributed by atoms with Gasteiger partial charge in [-0.05, 0) is 30.5 Å². The third-order valence-electron chi connectivity index (χ3n) is 2.82. The van der Waals surface area contributed by atoms with Gasteiger partial charge in [0.1, 0.15) is 5.75 Å². The number of carbonyl (C=O) groups is 2. The van der Waals surface area contributed by atoms with Crippen LogP contribution in [0.3, 0.4) is 0 Å². The van der Waals surface area contributed by atoms with Gasteiger partial charge in [-0.25, -0.2) is 0 Å². The van der Waals surface area contributed by atoms with E-state index in [1.54, 1.807) is 19.1 Å². The van der Waals surface area contributed by atoms with Crippen LogP contribution in [-0.4, -0.2) is 30.0 Å². The Hall–Kier alpha value is -2.04. The summed E-state index contributed by atoms with van der Waals surface area (Å²) >= 11 is 0. The number of aromatic hydroxyl groups is 1. The Bertz CT molecular complexity index is 484. The van der Waals surface area contributed by atoms with Crippen LogP contribution >= 0.6 is 0 Å². The van der Waals surface area contributed by atoms with Crippen molar-refractivity contribution in [2.45, 2.75) is 27.2 Å². The molecule has 20 heavy (non-hydrogen) atoms. The van der Waals surface area contributed by atoms with Crippen molar-refractivity contribution in [1.82, 2.24) is 10.6 Å². The van der Waals surface area contributed by atoms with Gasteiger partial charge >= 0.3 is 0 Å². The molecule has 1 rings (SSSR count). The molecule has 0 aliphatic rings. The van der Waals surface area contributed by atoms with Crippen molar-refractivity contribution in [3.8, 4) is 5.75 Å². The van der Waals surface area contributed by atoms with Gasteiger partial charge in [-0.2, -0.15) is 0 Å². The predicted octanol–water partition coefficient (Wildman–Crippen LogP) is 1.59. The normalized spacial score (nSPS) is 10.4. The maximum atomic E-state index is 11.8. The van der Waals surface area contributed by atoms with Crippen LogP contribution in [0.15, 0.2) is 18.2 Å². The van der Waals surface area contributed by atoms with Gasteiger partial charge in [0.15, 0.2) is 0 Å². The minimum atomic E-state index is -0.294. The molecule has 0 aromatic heterocycles. The first-order chi connectivity index (χ1) is 9.40. The molecule has 0 radical (unpaired) electrons. The van der Waals surface area contributed by atoms with Crippen molar-refractivity contribution in [2.24, 2.45) is 5.92 Å². The van der Waals surface area contributed by atoms with Gasteiger partial charge in [-0.1, -0.05) is 19.9 Å². The predicted molar refractivity (Wildman–Crippen MR) is 77.6 cm³/mol. The molecular weight excluding hydrogens is 256 g/mol. The van der Waals surface area contributed by atoms with E-state index in [0.29, 0.717) is 18.0 Å². The highest BCUT2D eigenvalue weighted by molar-refractivity contribution is 5.94. The maximum Gasteiger partial charge on any atom is 0.251 e. The lowest BCUT2D eigenvalue weighted by Gasteiger charge is -2.09. The topological polar surface area (TPSA) is 78.4 Å². The van der Waals surface area contributed by atoms with E-state index < -0.39 is 0 Å². The fourth-order valence-electron chi connectivity index (χ4n) is 1.55. The number of phenols is 1. The Labute approximate surface area is 119 Å². The second kappa shape index (κ2) is 7.53. The van der Waals surface area contributed by atoms with E-state index in [1.807, 2.05) is 13.8 Å². The standard InChI is InChI=1S/C15H22N2O3/c1-10(2)9-17-14(19)6-7-16-15(20)12-5-4-11(3)13(18)8-12/h4-5,8,10,18H,6-7,9H2,1-3H3,(H,16,20)(H,17,19). The van der Waals surface area contributed by atoms with E-state index in [-0.39, 0.29) is 30.5 Å². The molecule has 5 heteroatoms. The fraction of sp³-hybridized carbons (Fsp3) is 0.467. The number of hydrogen-bond acceptors (Lipinski definition) is 3. The highest BCUT2D eigenvalue weighted by Gasteiger charge is 2.08. The number of benzene rings is 1. The number of hydrogen-bond donors (Lipinski definition) is 3. The lowest BCUT2D eigenvalue weighted by molar-refractivity contribution is -0.121. The third-order valence-corrected chi connectivity index (χ3v) is 2.82. The molecule has 1 aromatic rings. The molecule has 0 saturated heterocycles. The van der Waals surface area contributed by atoms with Gasteiger partial charge in [0.2, 0.25) is 5.91 Å². The Morgan fingerprint density at radius 2 is 1.95 bits per heavy atom. The summed E-state index contributed by atoms with van der Waals surface area (Å²) in [5.74, 6) is 0.124. The number of carbonyl (C=O) groups excluding carboxylic acids is 2. The van der Waals surface area contributed by atoms with Crippen LogP contribution in [0.4, 0.5) is 0 Å². The van der Waals surface area contributed by atoms with Crippen molar-refractivity contribution < 1.29 is 14.7 Å². The summed E-state index contributed by atoms with van der Waals surface area (Å²) in [5.41, 5.74) is 1.10. The third kappa shape index (κ3) is 5.30. The molecule has 0 heterocycles. The van der Waals surface area contributed by atoms with Crippen LogP contribution in [0, 0.1) is 12.8 Å². The van der Waals surface area contributed by atoms with Gasteiger partial charge in [0.25, 0.3) is 5.91 Å². The molecular formula is C15H22N2O3. The first kappa shape index (κ1) is 16.0. The van der Waals surface area contributed by atoms with E-state index in [2.05, 4.69) is 10.6 Å². The monoisotopic (exact) mass is 278 g/mol. The number of phenolic OH excluding ortho intramolecular Hbond substituents is 1. The molecule has 0 bridgehead atoms. The van der Waals surface area contributed by atoms with Crippen LogP contribution < -0.4 is 10.6 Å². The number of nitrogens with one attached hydrogen (secondary N) is 2. The van der Waals surface area contributed by atoms with Crippen LogP contribution in [0.5, 0.6) is 5.75 Å². The van der Waals surface area contributed by atoms with Crippen LogP contribution in [0.1, 0.15) is 36.2 Å². The summed E-state index contributed by atoms with van der Waals surface area (Å²) in [6.07, 6.45) is 0.246. The molecule has 110 valence electrons. The lowest BCUT2D eigenvalue weighted by atomic mass is 10.1. The van der Waals surface area contributed by atoms with Gasteiger partial charge in [0, 0.05) is 25.1 Å². The van der Waals surface area contributed by atoms with E-state index in [4.69, 9.17) is 0 Å². The fourth-order valence-corrected chi connectivity index (χ4v) is 1.55. The average molecular weight is 278 g/mol. The van der Waals surface area contributed by atoms with Crippen molar-refractivity contribution in [3.63, 3.8) is 0 Å². The summed E-state index contributed by atoms with van der Waals surface area (Å²) < 4.78 is 0. The summed E-state index contributed by atoms with van der Waals surface area (Å²) in [6, 6.07) is 4.74. The first-order valence-corrected chi connectivity index (χ1v) is 6.74. The number of rotatable bonds is 6. The van der Waals surface area contributed by atoms with E-state index in [1.165, 1.54) is 6.07 Å². The molecule has 0 spiro atoms. The van der Waals surface area contributed by atoms with Gasteiger partial charge in [0.05, 0.1) is 0 Å². The average Bonchev–Trinajstić information content (AvgIpc) is 2.39. The zero-order chi connectivity index (χ0) is 15.1. The van der Waals surface area contributed by atoms with Crippen molar-refractivity contribution >= 4 is 11.8 Å². The summed E-state index contributed by atoms with van der Waals surface area (Å²) in [6.45, 7) is 6.71.